The van der Waals surface area contributed by atoms with Crippen molar-refractivity contribution in [3.63, 3.8) is 0 Å². The van der Waals surface area contributed by atoms with E-state index in [0.717, 1.165) is 39.2 Å². The van der Waals surface area contributed by atoms with Crippen LogP contribution in [-0.4, -0.2) is 29.8 Å². The molecule has 0 fully saturated rings. The number of hydrogen-bond acceptors (Lipinski definition) is 5. The number of fused-ring (bicyclic) bond motifs is 1. The smallest absolute Gasteiger partial charge is 0.182 e. The third kappa shape index (κ3) is 2.83. The summed E-state index contributed by atoms with van der Waals surface area (Å²) in [4.78, 5) is 13.7. The molecule has 0 bridgehead atoms. The van der Waals surface area contributed by atoms with E-state index in [-0.39, 0.29) is 5.75 Å². The number of hydrogen-bond donors (Lipinski definition) is 1. The van der Waals surface area contributed by atoms with Crippen molar-refractivity contribution in [1.82, 2.24) is 24.7 Å². The van der Waals surface area contributed by atoms with Crippen LogP contribution in [0.15, 0.2) is 30.6 Å². The van der Waals surface area contributed by atoms with Gasteiger partial charge in [-0.3, -0.25) is 14.6 Å². The van der Waals surface area contributed by atoms with Crippen molar-refractivity contribution in [3.05, 3.63) is 53.1 Å². The largest absolute Gasteiger partial charge is 0.507 e. The zero-order valence-corrected chi connectivity index (χ0v) is 16.1. The first kappa shape index (κ1) is 17.1. The summed E-state index contributed by atoms with van der Waals surface area (Å²) in [5.41, 5.74) is 7.41. The second kappa shape index (κ2) is 6.16. The number of nitrogens with zero attached hydrogens (tertiary/aromatic N) is 5. The van der Waals surface area contributed by atoms with Crippen molar-refractivity contribution < 1.29 is 5.11 Å². The summed E-state index contributed by atoms with van der Waals surface area (Å²) >= 11 is 0. The fraction of sp³-hybridized carbons (Fsp3) is 0.238. The second-order valence-corrected chi connectivity index (χ2v) is 6.98. The van der Waals surface area contributed by atoms with Crippen LogP contribution in [0.4, 0.5) is 0 Å². The Morgan fingerprint density at radius 1 is 0.889 bits per heavy atom. The Bertz CT molecular complexity index is 1180. The highest BCUT2D eigenvalue weighted by Crippen LogP contribution is 2.37. The van der Waals surface area contributed by atoms with Gasteiger partial charge in [-0.1, -0.05) is 6.07 Å². The molecule has 3 heterocycles. The topological polar surface area (TPSA) is 76.7 Å². The normalized spacial score (nSPS) is 11.3. The number of phenolic OH excluding ortho intramolecular Hbond substituents is 1. The van der Waals surface area contributed by atoms with Gasteiger partial charge in [0, 0.05) is 30.1 Å². The van der Waals surface area contributed by atoms with Gasteiger partial charge in [-0.25, -0.2) is 4.98 Å². The lowest BCUT2D eigenvalue weighted by Gasteiger charge is -2.11. The van der Waals surface area contributed by atoms with E-state index in [0.29, 0.717) is 16.9 Å². The zero-order chi connectivity index (χ0) is 19.3. The summed E-state index contributed by atoms with van der Waals surface area (Å²) in [6.07, 6.45) is 3.52. The molecule has 0 aliphatic heterocycles. The molecule has 4 rings (SSSR count). The summed E-state index contributed by atoms with van der Waals surface area (Å²) < 4.78 is 1.81. The van der Waals surface area contributed by atoms with Crippen LogP contribution >= 0.6 is 0 Å². The number of aryl methyl sites for hydroxylation is 5. The van der Waals surface area contributed by atoms with Crippen LogP contribution < -0.4 is 0 Å². The van der Waals surface area contributed by atoms with Gasteiger partial charge in [-0.2, -0.15) is 5.10 Å². The molecule has 3 aromatic heterocycles. The molecule has 1 N–H and O–H groups in total. The lowest BCUT2D eigenvalue weighted by Crippen LogP contribution is -1.94. The van der Waals surface area contributed by atoms with E-state index >= 15 is 0 Å². The summed E-state index contributed by atoms with van der Waals surface area (Å²) in [5.74, 6) is 0.237. The maximum atomic E-state index is 10.6. The highest BCUT2D eigenvalue weighted by molar-refractivity contribution is 5.96. The molecule has 0 saturated heterocycles. The highest BCUT2D eigenvalue weighted by atomic mass is 16.3. The first-order valence-electron chi connectivity index (χ1n) is 8.79. The predicted octanol–water partition coefficient (Wildman–Crippen LogP) is 4.03. The molecular formula is C21H21N5O. The molecular weight excluding hydrogens is 338 g/mol. The van der Waals surface area contributed by atoms with Crippen LogP contribution in [0.1, 0.15) is 22.5 Å². The molecule has 0 aliphatic carbocycles. The molecule has 136 valence electrons. The van der Waals surface area contributed by atoms with Gasteiger partial charge in [0.1, 0.15) is 5.75 Å². The van der Waals surface area contributed by atoms with Crippen LogP contribution in [0, 0.1) is 27.7 Å². The third-order valence-electron chi connectivity index (χ3n) is 4.87. The van der Waals surface area contributed by atoms with E-state index in [1.165, 1.54) is 0 Å². The van der Waals surface area contributed by atoms with E-state index < -0.39 is 0 Å². The molecule has 6 nitrogen and oxygen atoms in total. The monoisotopic (exact) mass is 359 g/mol. The van der Waals surface area contributed by atoms with Crippen LogP contribution in [0.5, 0.6) is 5.75 Å². The molecule has 0 aliphatic rings. The van der Waals surface area contributed by atoms with Crippen molar-refractivity contribution in [2.45, 2.75) is 27.7 Å². The first-order chi connectivity index (χ1) is 12.8. The molecule has 27 heavy (non-hydrogen) atoms. The standard InChI is InChI=1S/C21H21N5O/c1-11-6-12(2)20(27)16(7-11)17-8-15(18-10-22-13(3)9-23-18)19-14(4)26(5)25-21(19)24-17/h6-10,27H,1-5H3. The minimum Gasteiger partial charge on any atom is -0.507 e. The van der Waals surface area contributed by atoms with E-state index in [9.17, 15) is 5.11 Å². The minimum absolute atomic E-state index is 0.237. The molecule has 0 unspecified atom stereocenters. The summed E-state index contributed by atoms with van der Waals surface area (Å²) in [6, 6.07) is 5.86. The van der Waals surface area contributed by atoms with E-state index in [1.807, 2.05) is 57.6 Å². The number of aromatic nitrogens is 5. The van der Waals surface area contributed by atoms with Crippen molar-refractivity contribution in [2.24, 2.45) is 7.05 Å². The Labute approximate surface area is 157 Å². The van der Waals surface area contributed by atoms with Crippen molar-refractivity contribution in [3.8, 4) is 28.3 Å². The van der Waals surface area contributed by atoms with Gasteiger partial charge >= 0.3 is 0 Å². The minimum atomic E-state index is 0.237. The number of pyridine rings is 1. The van der Waals surface area contributed by atoms with Gasteiger partial charge in [0.25, 0.3) is 0 Å². The van der Waals surface area contributed by atoms with Gasteiger partial charge in [0.2, 0.25) is 0 Å². The highest BCUT2D eigenvalue weighted by Gasteiger charge is 2.18. The van der Waals surface area contributed by atoms with E-state index in [4.69, 9.17) is 4.98 Å². The zero-order valence-electron chi connectivity index (χ0n) is 16.1. The number of benzene rings is 1. The molecule has 6 heteroatoms. The SMILES string of the molecule is Cc1cc(C)c(O)c(-c2cc(-c3cnc(C)cn3)c3c(C)n(C)nc3n2)c1. The maximum Gasteiger partial charge on any atom is 0.182 e. The Hall–Kier alpha value is -3.28. The Balaban J connectivity index is 2.06. The quantitative estimate of drug-likeness (QED) is 0.585. The van der Waals surface area contributed by atoms with Crippen LogP contribution in [0.2, 0.25) is 0 Å². The van der Waals surface area contributed by atoms with E-state index in [2.05, 4.69) is 15.1 Å². The van der Waals surface area contributed by atoms with E-state index in [1.54, 1.807) is 12.4 Å². The van der Waals surface area contributed by atoms with Crippen LogP contribution in [0.3, 0.4) is 0 Å². The van der Waals surface area contributed by atoms with Gasteiger partial charge in [0.15, 0.2) is 5.65 Å². The van der Waals surface area contributed by atoms with Crippen molar-refractivity contribution >= 4 is 11.0 Å². The van der Waals surface area contributed by atoms with Gasteiger partial charge < -0.3 is 5.11 Å². The number of aromatic hydroxyl groups is 1. The molecule has 0 radical (unpaired) electrons. The van der Waals surface area contributed by atoms with Gasteiger partial charge in [-0.15, -0.1) is 0 Å². The average molecular weight is 359 g/mol. The molecule has 4 aromatic rings. The summed E-state index contributed by atoms with van der Waals surface area (Å²) in [6.45, 7) is 7.82. The lowest BCUT2D eigenvalue weighted by atomic mass is 9.99. The average Bonchev–Trinajstić information content (AvgIpc) is 2.92. The molecule has 0 saturated carbocycles. The molecule has 0 spiro atoms. The summed E-state index contributed by atoms with van der Waals surface area (Å²) in [5, 5.41) is 16.1. The summed E-state index contributed by atoms with van der Waals surface area (Å²) in [7, 11) is 1.90. The number of phenols is 1. The van der Waals surface area contributed by atoms with Crippen LogP contribution in [-0.2, 0) is 7.05 Å². The van der Waals surface area contributed by atoms with Gasteiger partial charge in [-0.05, 0) is 51.0 Å². The van der Waals surface area contributed by atoms with Crippen LogP contribution in [0.25, 0.3) is 33.5 Å². The van der Waals surface area contributed by atoms with Crippen molar-refractivity contribution in [2.75, 3.05) is 0 Å². The second-order valence-electron chi connectivity index (χ2n) is 6.98. The molecule has 0 atom stereocenters. The Morgan fingerprint density at radius 2 is 1.67 bits per heavy atom. The van der Waals surface area contributed by atoms with Crippen molar-refractivity contribution in [1.29, 1.82) is 0 Å². The fourth-order valence-electron chi connectivity index (χ4n) is 3.37. The Morgan fingerprint density at radius 3 is 2.37 bits per heavy atom. The fourth-order valence-corrected chi connectivity index (χ4v) is 3.37. The molecule has 0 amide bonds. The Kier molecular flexibility index (Phi) is 3.91. The first-order valence-corrected chi connectivity index (χ1v) is 8.79. The molecule has 1 aromatic carbocycles. The maximum absolute atomic E-state index is 10.6. The third-order valence-corrected chi connectivity index (χ3v) is 4.87. The predicted molar refractivity (Wildman–Crippen MR) is 106 cm³/mol. The number of rotatable bonds is 2. The lowest BCUT2D eigenvalue weighted by molar-refractivity contribution is 0.473. The van der Waals surface area contributed by atoms with Gasteiger partial charge in [0.05, 0.1) is 28.7 Å².